The Labute approximate surface area is 133 Å². The number of nitrogens with one attached hydrogen (secondary N) is 3. The third kappa shape index (κ3) is 3.18. The summed E-state index contributed by atoms with van der Waals surface area (Å²) in [5.41, 5.74) is 14.6. The van der Waals surface area contributed by atoms with Gasteiger partial charge in [0.1, 0.15) is 0 Å². The maximum Gasteiger partial charge on any atom is 0.319 e. The van der Waals surface area contributed by atoms with E-state index in [1.54, 1.807) is 18.2 Å². The molecule has 7 nitrogen and oxygen atoms in total. The van der Waals surface area contributed by atoms with Crippen molar-refractivity contribution in [3.63, 3.8) is 0 Å². The van der Waals surface area contributed by atoms with E-state index < -0.39 is 0 Å². The highest BCUT2D eigenvalue weighted by Gasteiger charge is 2.11. The molecule has 0 aliphatic heterocycles. The molecule has 0 spiro atoms. The van der Waals surface area contributed by atoms with Gasteiger partial charge >= 0.3 is 6.03 Å². The normalized spacial score (nSPS) is 12.0. The average molecular weight is 310 g/mol. The van der Waals surface area contributed by atoms with Gasteiger partial charge in [-0.2, -0.15) is 5.10 Å². The molecule has 0 radical (unpaired) electrons. The third-order valence-corrected chi connectivity index (χ3v) is 3.61. The minimum absolute atomic E-state index is 0.166. The van der Waals surface area contributed by atoms with Crippen LogP contribution in [0.2, 0.25) is 0 Å². The number of aromatic amines is 1. The fourth-order valence-electron chi connectivity index (χ4n) is 2.39. The maximum atomic E-state index is 12.1. The Balaban J connectivity index is 1.69. The molecule has 0 aliphatic rings. The monoisotopic (exact) mass is 310 g/mol. The predicted octanol–water partition coefficient (Wildman–Crippen LogP) is 2.61. The highest BCUT2D eigenvalue weighted by atomic mass is 16.2. The van der Waals surface area contributed by atoms with E-state index in [1.165, 1.54) is 0 Å². The number of nitrogen functional groups attached to an aromatic ring is 2. The SMILES string of the molecule is C[C@@H](NC(=O)Nc1ccc2[nH]nc(N)c2c1)c1cccc(N)c1. The van der Waals surface area contributed by atoms with Gasteiger partial charge in [-0.25, -0.2) is 4.79 Å². The first kappa shape index (κ1) is 14.7. The molecule has 1 atom stereocenters. The summed E-state index contributed by atoms with van der Waals surface area (Å²) in [5, 5.41) is 13.2. The molecule has 118 valence electrons. The predicted molar refractivity (Wildman–Crippen MR) is 91.9 cm³/mol. The van der Waals surface area contributed by atoms with E-state index in [4.69, 9.17) is 11.5 Å². The van der Waals surface area contributed by atoms with Crippen molar-refractivity contribution in [3.05, 3.63) is 48.0 Å². The summed E-state index contributed by atoms with van der Waals surface area (Å²) in [6.07, 6.45) is 0. The topological polar surface area (TPSA) is 122 Å². The van der Waals surface area contributed by atoms with Crippen LogP contribution in [0, 0.1) is 0 Å². The van der Waals surface area contributed by atoms with E-state index in [2.05, 4.69) is 20.8 Å². The number of amides is 2. The maximum absolute atomic E-state index is 12.1. The Morgan fingerprint density at radius 2 is 2.04 bits per heavy atom. The largest absolute Gasteiger partial charge is 0.399 e. The van der Waals surface area contributed by atoms with Gasteiger partial charge in [0.15, 0.2) is 5.82 Å². The number of nitrogens with zero attached hydrogens (tertiary/aromatic N) is 1. The van der Waals surface area contributed by atoms with Crippen LogP contribution in [0.25, 0.3) is 10.9 Å². The summed E-state index contributed by atoms with van der Waals surface area (Å²) in [6, 6.07) is 12.3. The van der Waals surface area contributed by atoms with Gasteiger partial charge in [-0.1, -0.05) is 12.1 Å². The first-order chi connectivity index (χ1) is 11.0. The van der Waals surface area contributed by atoms with Gasteiger partial charge in [0.05, 0.1) is 11.6 Å². The number of rotatable bonds is 3. The quantitative estimate of drug-likeness (QED) is 0.477. The van der Waals surface area contributed by atoms with Crippen molar-refractivity contribution in [2.45, 2.75) is 13.0 Å². The standard InChI is InChI=1S/C16H18N6O/c1-9(10-3-2-4-11(17)7-10)19-16(23)20-12-5-6-14-13(8-12)15(18)22-21-14/h2-9H,17H2,1H3,(H3,18,21,22)(H2,19,20,23)/t9-/m1/s1. The van der Waals surface area contributed by atoms with Crippen LogP contribution in [-0.4, -0.2) is 16.2 Å². The van der Waals surface area contributed by atoms with E-state index in [9.17, 15) is 4.79 Å². The molecular weight excluding hydrogens is 292 g/mol. The first-order valence-electron chi connectivity index (χ1n) is 7.19. The molecule has 1 aromatic heterocycles. The van der Waals surface area contributed by atoms with Crippen LogP contribution in [0.4, 0.5) is 22.0 Å². The van der Waals surface area contributed by atoms with E-state index in [-0.39, 0.29) is 12.1 Å². The zero-order valence-electron chi connectivity index (χ0n) is 12.6. The van der Waals surface area contributed by atoms with Crippen molar-refractivity contribution < 1.29 is 4.79 Å². The van der Waals surface area contributed by atoms with Crippen molar-refractivity contribution in [2.75, 3.05) is 16.8 Å². The summed E-state index contributed by atoms with van der Waals surface area (Å²) in [6.45, 7) is 1.89. The lowest BCUT2D eigenvalue weighted by atomic mass is 10.1. The van der Waals surface area contributed by atoms with Crippen LogP contribution in [0.1, 0.15) is 18.5 Å². The number of fused-ring (bicyclic) bond motifs is 1. The number of hydrogen-bond donors (Lipinski definition) is 5. The molecule has 1 heterocycles. The second-order valence-corrected chi connectivity index (χ2v) is 5.36. The van der Waals surface area contributed by atoms with Crippen LogP contribution in [0.15, 0.2) is 42.5 Å². The van der Waals surface area contributed by atoms with Crippen LogP contribution in [0.3, 0.4) is 0 Å². The van der Waals surface area contributed by atoms with E-state index in [0.717, 1.165) is 16.5 Å². The van der Waals surface area contributed by atoms with Crippen molar-refractivity contribution >= 4 is 34.1 Å². The van der Waals surface area contributed by atoms with Crippen molar-refractivity contribution in [3.8, 4) is 0 Å². The lowest BCUT2D eigenvalue weighted by Gasteiger charge is -2.15. The van der Waals surface area contributed by atoms with Crippen LogP contribution in [-0.2, 0) is 0 Å². The van der Waals surface area contributed by atoms with Gasteiger partial charge in [0.2, 0.25) is 0 Å². The molecule has 0 aliphatic carbocycles. The molecule has 0 unspecified atom stereocenters. The van der Waals surface area contributed by atoms with Gasteiger partial charge in [-0.15, -0.1) is 0 Å². The van der Waals surface area contributed by atoms with Crippen molar-refractivity contribution in [1.29, 1.82) is 0 Å². The van der Waals surface area contributed by atoms with Crippen molar-refractivity contribution in [2.24, 2.45) is 0 Å². The van der Waals surface area contributed by atoms with E-state index in [1.807, 2.05) is 31.2 Å². The lowest BCUT2D eigenvalue weighted by molar-refractivity contribution is 0.249. The first-order valence-corrected chi connectivity index (χ1v) is 7.19. The Morgan fingerprint density at radius 1 is 1.22 bits per heavy atom. The second-order valence-electron chi connectivity index (χ2n) is 5.36. The number of nitrogens with two attached hydrogens (primary N) is 2. The second kappa shape index (κ2) is 5.88. The molecule has 0 fully saturated rings. The molecule has 2 aromatic carbocycles. The van der Waals surface area contributed by atoms with E-state index in [0.29, 0.717) is 17.2 Å². The minimum atomic E-state index is -0.304. The lowest BCUT2D eigenvalue weighted by Crippen LogP contribution is -2.31. The fourth-order valence-corrected chi connectivity index (χ4v) is 2.39. The molecule has 0 saturated heterocycles. The Bertz CT molecular complexity index is 857. The summed E-state index contributed by atoms with van der Waals surface area (Å²) in [7, 11) is 0. The molecule has 0 saturated carbocycles. The minimum Gasteiger partial charge on any atom is -0.399 e. The van der Waals surface area contributed by atoms with Gasteiger partial charge in [-0.05, 0) is 42.8 Å². The van der Waals surface area contributed by atoms with Gasteiger partial charge in [0.25, 0.3) is 0 Å². The third-order valence-electron chi connectivity index (χ3n) is 3.61. The summed E-state index contributed by atoms with van der Waals surface area (Å²) in [4.78, 5) is 12.1. The Hall–Kier alpha value is -3.22. The molecule has 0 bridgehead atoms. The summed E-state index contributed by atoms with van der Waals surface area (Å²) < 4.78 is 0. The average Bonchev–Trinajstić information content (AvgIpc) is 2.88. The zero-order valence-corrected chi connectivity index (χ0v) is 12.6. The van der Waals surface area contributed by atoms with Gasteiger partial charge < -0.3 is 22.1 Å². The smallest absolute Gasteiger partial charge is 0.319 e. The van der Waals surface area contributed by atoms with Crippen LogP contribution >= 0.6 is 0 Å². The zero-order chi connectivity index (χ0) is 16.4. The summed E-state index contributed by atoms with van der Waals surface area (Å²) in [5.74, 6) is 0.400. The number of urea groups is 1. The fraction of sp³-hybridized carbons (Fsp3) is 0.125. The summed E-state index contributed by atoms with van der Waals surface area (Å²) >= 11 is 0. The molecule has 2 amide bonds. The van der Waals surface area contributed by atoms with Crippen LogP contribution < -0.4 is 22.1 Å². The van der Waals surface area contributed by atoms with E-state index >= 15 is 0 Å². The van der Waals surface area contributed by atoms with Gasteiger partial charge in [0, 0.05) is 16.8 Å². The number of hydrogen-bond acceptors (Lipinski definition) is 4. The number of benzene rings is 2. The molecular formula is C16H18N6O. The highest BCUT2D eigenvalue weighted by molar-refractivity contribution is 5.95. The molecule has 7 N–H and O–H groups in total. The van der Waals surface area contributed by atoms with Crippen molar-refractivity contribution in [1.82, 2.24) is 15.5 Å². The number of aromatic nitrogens is 2. The number of carbonyl (C=O) groups excluding carboxylic acids is 1. The number of carbonyl (C=O) groups is 1. The van der Waals surface area contributed by atoms with Gasteiger partial charge in [-0.3, -0.25) is 5.10 Å². The molecule has 23 heavy (non-hydrogen) atoms. The molecule has 3 rings (SSSR count). The molecule has 3 aromatic rings. The highest BCUT2D eigenvalue weighted by Crippen LogP contribution is 2.22. The number of anilines is 3. The van der Waals surface area contributed by atoms with Crippen LogP contribution in [0.5, 0.6) is 0 Å². The number of H-pyrrole nitrogens is 1. The Kier molecular flexibility index (Phi) is 3.76. The Morgan fingerprint density at radius 3 is 2.83 bits per heavy atom. The molecule has 7 heteroatoms.